The van der Waals surface area contributed by atoms with Gasteiger partial charge >= 0.3 is 0 Å². The molecule has 2 atom stereocenters. The Hall–Kier alpha value is -2.15. The van der Waals surface area contributed by atoms with Gasteiger partial charge in [0, 0.05) is 25.6 Å². The minimum absolute atomic E-state index is 0.169. The molecule has 2 aromatic rings. The number of hydrogen-bond donors (Lipinski definition) is 2. The molecule has 29 heavy (non-hydrogen) atoms. The van der Waals surface area contributed by atoms with E-state index in [-0.39, 0.29) is 24.5 Å². The van der Waals surface area contributed by atoms with Gasteiger partial charge in [-0.15, -0.1) is 0 Å². The fourth-order valence-corrected chi connectivity index (χ4v) is 3.40. The SMILES string of the molecule is CC.CC.CCC.Nc1nc(N2CCCC2)c2ncn(C3C=CC(CO)C3)c2n1. The Bertz CT molecular complexity index is 736. The molecule has 0 aromatic carbocycles. The largest absolute Gasteiger partial charge is 0.396 e. The first-order valence-corrected chi connectivity index (χ1v) is 11.2. The Kier molecular flexibility index (Phi) is 11.3. The molecule has 1 aliphatic carbocycles. The maximum Gasteiger partial charge on any atom is 0.224 e. The van der Waals surface area contributed by atoms with Crippen LogP contribution < -0.4 is 10.6 Å². The Balaban J connectivity index is 0.000000540. The summed E-state index contributed by atoms with van der Waals surface area (Å²) >= 11 is 0. The molecule has 1 saturated heterocycles. The average Bonchev–Trinajstić information content (AvgIpc) is 3.51. The number of nitrogens with zero attached hydrogens (tertiary/aromatic N) is 5. The summed E-state index contributed by atoms with van der Waals surface area (Å²) in [6.45, 7) is 14.4. The summed E-state index contributed by atoms with van der Waals surface area (Å²) in [5, 5.41) is 9.30. The number of aliphatic hydroxyl groups excluding tert-OH is 1. The van der Waals surface area contributed by atoms with Crippen LogP contribution in [0.2, 0.25) is 0 Å². The van der Waals surface area contributed by atoms with Gasteiger partial charge in [-0.2, -0.15) is 9.97 Å². The van der Waals surface area contributed by atoms with E-state index in [2.05, 4.69) is 45.9 Å². The zero-order valence-corrected chi connectivity index (χ0v) is 19.1. The predicted octanol–water partition coefficient (Wildman–Crippen LogP) is 4.59. The molecule has 3 heterocycles. The van der Waals surface area contributed by atoms with Gasteiger partial charge in [0.05, 0.1) is 12.4 Å². The van der Waals surface area contributed by atoms with E-state index in [1.807, 2.05) is 38.6 Å². The molecular formula is C22H40N6O. The van der Waals surface area contributed by atoms with Crippen LogP contribution in [0.5, 0.6) is 0 Å². The molecule has 0 amide bonds. The van der Waals surface area contributed by atoms with Crippen molar-refractivity contribution in [2.45, 2.75) is 73.3 Å². The van der Waals surface area contributed by atoms with E-state index in [1.165, 1.54) is 19.3 Å². The van der Waals surface area contributed by atoms with Crippen LogP contribution in [0, 0.1) is 5.92 Å². The third kappa shape index (κ3) is 6.16. The summed E-state index contributed by atoms with van der Waals surface area (Å²) in [4.78, 5) is 15.6. The van der Waals surface area contributed by atoms with Crippen molar-refractivity contribution in [3.8, 4) is 0 Å². The van der Waals surface area contributed by atoms with Crippen LogP contribution in [0.25, 0.3) is 11.2 Å². The fourth-order valence-electron chi connectivity index (χ4n) is 3.40. The molecule has 0 spiro atoms. The second-order valence-electron chi connectivity index (χ2n) is 6.76. The second-order valence-corrected chi connectivity index (χ2v) is 6.76. The van der Waals surface area contributed by atoms with E-state index in [0.717, 1.165) is 36.5 Å². The maximum atomic E-state index is 9.30. The molecule has 1 fully saturated rings. The van der Waals surface area contributed by atoms with Crippen LogP contribution in [0.15, 0.2) is 18.5 Å². The van der Waals surface area contributed by atoms with Gasteiger partial charge in [0.1, 0.15) is 0 Å². The topological polar surface area (TPSA) is 93.1 Å². The molecule has 7 nitrogen and oxygen atoms in total. The first-order chi connectivity index (χ1) is 14.2. The Morgan fingerprint density at radius 3 is 2.24 bits per heavy atom. The van der Waals surface area contributed by atoms with Gasteiger partial charge in [0.25, 0.3) is 0 Å². The number of allylic oxidation sites excluding steroid dienone is 1. The van der Waals surface area contributed by atoms with E-state index < -0.39 is 0 Å². The fraction of sp³-hybridized carbons (Fsp3) is 0.682. The standard InChI is InChI=1S/C15H20N6O.C3H8.2C2H6/c16-15-18-13(20-5-1-2-6-20)12-14(19-15)21(9-17-12)11-4-3-10(7-11)8-22;1-3-2;2*1-2/h3-4,9-11,22H,1-2,5-8H2,(H2,16,18,19);3H2,1-2H3;2*1-2H3. The van der Waals surface area contributed by atoms with Gasteiger partial charge in [-0.1, -0.05) is 60.1 Å². The van der Waals surface area contributed by atoms with E-state index in [4.69, 9.17) is 5.73 Å². The molecular weight excluding hydrogens is 364 g/mol. The maximum absolute atomic E-state index is 9.30. The number of hydrogen-bond acceptors (Lipinski definition) is 6. The Labute approximate surface area is 176 Å². The van der Waals surface area contributed by atoms with Gasteiger partial charge in [-0.05, 0) is 19.3 Å². The third-order valence-corrected chi connectivity index (χ3v) is 4.57. The molecule has 0 radical (unpaired) electrons. The first kappa shape index (κ1) is 24.9. The Morgan fingerprint density at radius 2 is 1.69 bits per heavy atom. The molecule has 3 N–H and O–H groups in total. The van der Waals surface area contributed by atoms with Gasteiger partial charge in [0.15, 0.2) is 17.0 Å². The highest BCUT2D eigenvalue weighted by molar-refractivity contribution is 5.85. The van der Waals surface area contributed by atoms with Crippen LogP contribution in [0.1, 0.15) is 73.3 Å². The van der Waals surface area contributed by atoms with E-state index >= 15 is 0 Å². The highest BCUT2D eigenvalue weighted by atomic mass is 16.3. The van der Waals surface area contributed by atoms with E-state index in [9.17, 15) is 5.11 Å². The molecule has 7 heteroatoms. The zero-order chi connectivity index (χ0) is 21.8. The molecule has 2 aliphatic rings. The van der Waals surface area contributed by atoms with Crippen molar-refractivity contribution in [1.29, 1.82) is 0 Å². The van der Waals surface area contributed by atoms with Gasteiger partial charge < -0.3 is 20.3 Å². The lowest BCUT2D eigenvalue weighted by Gasteiger charge is -2.17. The molecule has 1 aliphatic heterocycles. The summed E-state index contributed by atoms with van der Waals surface area (Å²) in [5.74, 6) is 1.34. The minimum Gasteiger partial charge on any atom is -0.396 e. The predicted molar refractivity (Wildman–Crippen MR) is 123 cm³/mol. The van der Waals surface area contributed by atoms with Crippen LogP contribution in [0.4, 0.5) is 11.8 Å². The molecule has 0 saturated carbocycles. The number of anilines is 2. The van der Waals surface area contributed by atoms with Crippen molar-refractivity contribution < 1.29 is 5.11 Å². The van der Waals surface area contributed by atoms with Crippen molar-refractivity contribution in [3.63, 3.8) is 0 Å². The van der Waals surface area contributed by atoms with Crippen molar-refractivity contribution in [2.24, 2.45) is 5.92 Å². The average molecular weight is 405 g/mol. The second kappa shape index (κ2) is 13.1. The third-order valence-electron chi connectivity index (χ3n) is 4.57. The monoisotopic (exact) mass is 404 g/mol. The molecule has 0 bridgehead atoms. The Morgan fingerprint density at radius 1 is 1.07 bits per heavy atom. The summed E-state index contributed by atoms with van der Waals surface area (Å²) in [6, 6.07) is 0.169. The lowest BCUT2D eigenvalue weighted by atomic mass is 10.1. The molecule has 2 unspecified atom stereocenters. The molecule has 164 valence electrons. The summed E-state index contributed by atoms with van der Waals surface area (Å²) in [6.07, 6.45) is 10.4. The number of nitrogen functional groups attached to an aromatic ring is 1. The molecule has 2 aromatic heterocycles. The van der Waals surface area contributed by atoms with Crippen molar-refractivity contribution in [3.05, 3.63) is 18.5 Å². The van der Waals surface area contributed by atoms with Gasteiger partial charge in [-0.25, -0.2) is 4.98 Å². The van der Waals surface area contributed by atoms with Gasteiger partial charge in [-0.3, -0.25) is 0 Å². The summed E-state index contributed by atoms with van der Waals surface area (Å²) in [7, 11) is 0. The summed E-state index contributed by atoms with van der Waals surface area (Å²) < 4.78 is 2.04. The number of nitrogens with two attached hydrogens (primary N) is 1. The highest BCUT2D eigenvalue weighted by Crippen LogP contribution is 2.32. The highest BCUT2D eigenvalue weighted by Gasteiger charge is 2.25. The van der Waals surface area contributed by atoms with Crippen LogP contribution in [-0.2, 0) is 0 Å². The number of imidazole rings is 1. The van der Waals surface area contributed by atoms with Crippen LogP contribution in [0.3, 0.4) is 0 Å². The quantitative estimate of drug-likeness (QED) is 0.727. The van der Waals surface area contributed by atoms with Crippen molar-refractivity contribution >= 4 is 22.9 Å². The number of aromatic nitrogens is 4. The van der Waals surface area contributed by atoms with Crippen molar-refractivity contribution in [1.82, 2.24) is 19.5 Å². The smallest absolute Gasteiger partial charge is 0.224 e. The number of fused-ring (bicyclic) bond motifs is 1. The van der Waals surface area contributed by atoms with Crippen molar-refractivity contribution in [2.75, 3.05) is 30.3 Å². The first-order valence-electron chi connectivity index (χ1n) is 11.2. The zero-order valence-electron chi connectivity index (χ0n) is 19.1. The number of rotatable bonds is 3. The number of aliphatic hydroxyl groups is 1. The van der Waals surface area contributed by atoms with E-state index in [0.29, 0.717) is 0 Å². The lowest BCUT2D eigenvalue weighted by Crippen LogP contribution is -2.20. The van der Waals surface area contributed by atoms with Crippen LogP contribution >= 0.6 is 0 Å². The lowest BCUT2D eigenvalue weighted by molar-refractivity contribution is 0.244. The van der Waals surface area contributed by atoms with Gasteiger partial charge in [0.2, 0.25) is 5.95 Å². The normalized spacial score (nSPS) is 19.8. The van der Waals surface area contributed by atoms with Crippen LogP contribution in [-0.4, -0.2) is 44.3 Å². The molecule has 4 rings (SSSR count). The summed E-state index contributed by atoms with van der Waals surface area (Å²) in [5.41, 5.74) is 7.52. The van der Waals surface area contributed by atoms with E-state index in [1.54, 1.807) is 0 Å². The minimum atomic E-state index is 0.169.